The lowest BCUT2D eigenvalue weighted by molar-refractivity contribution is 0.267. The Labute approximate surface area is 114 Å². The topological polar surface area (TPSA) is 35.0 Å². The Kier molecular flexibility index (Phi) is 4.58. The van der Waals surface area contributed by atoms with Gasteiger partial charge in [0.15, 0.2) is 14.1 Å². The van der Waals surface area contributed by atoms with E-state index in [0.717, 1.165) is 0 Å². The Morgan fingerprint density at radius 3 is 2.06 bits per heavy atom. The molecule has 0 aliphatic carbocycles. The highest BCUT2D eigenvalue weighted by Crippen LogP contribution is 2.36. The molecule has 0 atom stereocenters. The smallest absolute Gasteiger partial charge is 0.192 e. The minimum absolute atomic E-state index is 0.162. The first-order valence-corrected chi connectivity index (χ1v) is 9.11. The molecule has 0 radical (unpaired) electrons. The molecule has 1 heterocycles. The lowest BCUT2D eigenvalue weighted by Crippen LogP contribution is -2.40. The van der Waals surface area contributed by atoms with E-state index in [1.807, 2.05) is 0 Å². The van der Waals surface area contributed by atoms with Crippen LogP contribution in [0.1, 0.15) is 26.6 Å². The monoisotopic (exact) mass is 292 g/mol. The fourth-order valence-corrected chi connectivity index (χ4v) is 2.34. The van der Waals surface area contributed by atoms with Crippen molar-refractivity contribution in [3.05, 3.63) is 22.2 Å². The van der Waals surface area contributed by atoms with E-state index in [1.165, 1.54) is 6.07 Å². The van der Waals surface area contributed by atoms with Gasteiger partial charge in [-0.25, -0.2) is 9.97 Å². The van der Waals surface area contributed by atoms with Crippen LogP contribution in [0.5, 0.6) is 0 Å². The molecule has 0 N–H and O–H groups in total. The predicted octanol–water partition coefficient (Wildman–Crippen LogP) is 4.31. The second kappa shape index (κ2) is 5.22. The number of aromatic nitrogens is 2. The average molecular weight is 293 g/mol. The van der Waals surface area contributed by atoms with Gasteiger partial charge in [0, 0.05) is 6.07 Å². The van der Waals surface area contributed by atoms with Crippen molar-refractivity contribution in [1.29, 1.82) is 0 Å². The molecular weight excluding hydrogens is 275 g/mol. The summed E-state index contributed by atoms with van der Waals surface area (Å²) in [6, 6.07) is 1.51. The van der Waals surface area contributed by atoms with Gasteiger partial charge < -0.3 is 4.43 Å². The summed E-state index contributed by atoms with van der Waals surface area (Å²) in [5.74, 6) is 0.535. The summed E-state index contributed by atoms with van der Waals surface area (Å²) in [4.78, 5) is 8.17. The zero-order valence-electron chi connectivity index (χ0n) is 10.8. The van der Waals surface area contributed by atoms with Crippen LogP contribution in [0.2, 0.25) is 28.4 Å². The highest BCUT2D eigenvalue weighted by molar-refractivity contribution is 6.74. The lowest BCUT2D eigenvalue weighted by Gasteiger charge is -2.35. The maximum absolute atomic E-state index is 5.99. The quantitative estimate of drug-likeness (QED) is 0.615. The van der Waals surface area contributed by atoms with Gasteiger partial charge in [0.2, 0.25) is 0 Å². The maximum Gasteiger partial charge on any atom is 0.192 e. The molecule has 0 spiro atoms. The van der Waals surface area contributed by atoms with Gasteiger partial charge in [-0.1, -0.05) is 44.0 Å². The number of halogens is 2. The van der Waals surface area contributed by atoms with E-state index in [9.17, 15) is 0 Å². The van der Waals surface area contributed by atoms with Gasteiger partial charge in [-0.05, 0) is 18.1 Å². The third-order valence-electron chi connectivity index (χ3n) is 3.08. The van der Waals surface area contributed by atoms with Crippen LogP contribution in [0, 0.1) is 0 Å². The molecule has 0 aliphatic rings. The molecule has 0 aliphatic heterocycles. The summed E-state index contributed by atoms with van der Waals surface area (Å²) < 4.78 is 5.99. The molecule has 0 aromatic carbocycles. The Bertz CT molecular complexity index is 385. The van der Waals surface area contributed by atoms with Crippen LogP contribution >= 0.6 is 23.2 Å². The van der Waals surface area contributed by atoms with E-state index in [-0.39, 0.29) is 5.04 Å². The van der Waals surface area contributed by atoms with Crippen molar-refractivity contribution in [3.63, 3.8) is 0 Å². The minimum Gasteiger partial charge on any atom is -0.409 e. The highest BCUT2D eigenvalue weighted by atomic mass is 35.5. The van der Waals surface area contributed by atoms with Crippen molar-refractivity contribution in [2.24, 2.45) is 0 Å². The summed E-state index contributed by atoms with van der Waals surface area (Å²) >= 11 is 11.6. The Balaban J connectivity index is 2.74. The molecule has 1 aromatic rings. The van der Waals surface area contributed by atoms with Crippen LogP contribution in [0.25, 0.3) is 0 Å². The molecule has 0 saturated heterocycles. The van der Waals surface area contributed by atoms with Crippen LogP contribution in [0.4, 0.5) is 0 Å². The molecule has 0 fully saturated rings. The standard InChI is InChI=1S/C11H18Cl2N2OSi/c1-11(2,3)17(4,5)16-7-10-14-8(12)6-9(13)15-10/h6H,7H2,1-5H3. The van der Waals surface area contributed by atoms with Gasteiger partial charge in [-0.15, -0.1) is 0 Å². The second-order valence-electron chi connectivity index (χ2n) is 5.48. The maximum atomic E-state index is 5.99. The third-order valence-corrected chi connectivity index (χ3v) is 7.94. The van der Waals surface area contributed by atoms with Gasteiger partial charge in [0.05, 0.1) is 6.61 Å². The van der Waals surface area contributed by atoms with Gasteiger partial charge >= 0.3 is 0 Å². The molecule has 0 amide bonds. The Morgan fingerprint density at radius 1 is 1.18 bits per heavy atom. The Hall–Kier alpha value is -0.163. The van der Waals surface area contributed by atoms with E-state index in [2.05, 4.69) is 43.8 Å². The molecule has 0 unspecified atom stereocenters. The van der Waals surface area contributed by atoms with E-state index in [0.29, 0.717) is 22.7 Å². The van der Waals surface area contributed by atoms with Crippen LogP contribution in [-0.2, 0) is 11.0 Å². The molecule has 3 nitrogen and oxygen atoms in total. The SMILES string of the molecule is CC(C)(C)[Si](C)(C)OCc1nc(Cl)cc(Cl)n1. The van der Waals surface area contributed by atoms with Gasteiger partial charge in [0.1, 0.15) is 10.3 Å². The molecule has 0 saturated carbocycles. The summed E-state index contributed by atoms with van der Waals surface area (Å²) in [5.41, 5.74) is 0. The first-order valence-electron chi connectivity index (χ1n) is 5.45. The zero-order chi connectivity index (χ0) is 13.3. The summed E-state index contributed by atoms with van der Waals surface area (Å²) in [5, 5.41) is 0.854. The first kappa shape index (κ1) is 14.9. The molecule has 96 valence electrons. The second-order valence-corrected chi connectivity index (χ2v) is 11.1. The van der Waals surface area contributed by atoms with E-state index in [4.69, 9.17) is 27.6 Å². The van der Waals surface area contributed by atoms with Crippen LogP contribution in [-0.4, -0.2) is 18.3 Å². The van der Waals surface area contributed by atoms with Crippen molar-refractivity contribution >= 4 is 31.5 Å². The fraction of sp³-hybridized carbons (Fsp3) is 0.636. The normalized spacial score (nSPS) is 12.9. The van der Waals surface area contributed by atoms with Crippen molar-refractivity contribution < 1.29 is 4.43 Å². The van der Waals surface area contributed by atoms with Crippen LogP contribution in [0.3, 0.4) is 0 Å². The number of hydrogen-bond acceptors (Lipinski definition) is 3. The summed E-state index contributed by atoms with van der Waals surface area (Å²) in [7, 11) is -1.79. The summed E-state index contributed by atoms with van der Waals surface area (Å²) in [6.07, 6.45) is 0. The van der Waals surface area contributed by atoms with Gasteiger partial charge in [-0.2, -0.15) is 0 Å². The van der Waals surface area contributed by atoms with Crippen molar-refractivity contribution in [2.45, 2.75) is 45.5 Å². The van der Waals surface area contributed by atoms with E-state index in [1.54, 1.807) is 0 Å². The predicted molar refractivity (Wildman–Crippen MR) is 74.0 cm³/mol. The number of hydrogen-bond donors (Lipinski definition) is 0. The first-order chi connectivity index (χ1) is 7.62. The fourth-order valence-electron chi connectivity index (χ4n) is 0.960. The molecule has 17 heavy (non-hydrogen) atoms. The molecule has 6 heteroatoms. The van der Waals surface area contributed by atoms with Crippen molar-refractivity contribution in [3.8, 4) is 0 Å². The number of rotatable bonds is 3. The average Bonchev–Trinajstić information content (AvgIpc) is 2.11. The van der Waals surface area contributed by atoms with Gasteiger partial charge in [0.25, 0.3) is 0 Å². The third kappa shape index (κ3) is 4.21. The zero-order valence-corrected chi connectivity index (χ0v) is 13.4. The molecular formula is C11H18Cl2N2OSi. The molecule has 1 aromatic heterocycles. The molecule has 1 rings (SSSR count). The van der Waals surface area contributed by atoms with Crippen molar-refractivity contribution in [2.75, 3.05) is 0 Å². The lowest BCUT2D eigenvalue weighted by atomic mass is 10.2. The number of nitrogens with zero attached hydrogens (tertiary/aromatic N) is 2. The van der Waals surface area contributed by atoms with Crippen LogP contribution < -0.4 is 0 Å². The molecule has 0 bridgehead atoms. The van der Waals surface area contributed by atoms with E-state index < -0.39 is 8.32 Å². The highest BCUT2D eigenvalue weighted by Gasteiger charge is 2.37. The summed E-state index contributed by atoms with van der Waals surface area (Å²) in [6.45, 7) is 11.3. The minimum atomic E-state index is -1.79. The van der Waals surface area contributed by atoms with Crippen molar-refractivity contribution in [1.82, 2.24) is 9.97 Å². The van der Waals surface area contributed by atoms with Gasteiger partial charge in [-0.3, -0.25) is 0 Å². The Morgan fingerprint density at radius 2 is 1.65 bits per heavy atom. The largest absolute Gasteiger partial charge is 0.409 e. The van der Waals surface area contributed by atoms with E-state index >= 15 is 0 Å². The van der Waals surface area contributed by atoms with Crippen LogP contribution in [0.15, 0.2) is 6.07 Å².